The van der Waals surface area contributed by atoms with Crippen LogP contribution in [0.3, 0.4) is 0 Å². The minimum absolute atomic E-state index is 0. The molecule has 0 bridgehead atoms. The van der Waals surface area contributed by atoms with Crippen LogP contribution in [0, 0.1) is 59.8 Å². The molecule has 11 aromatic carbocycles. The number of hydrogen-bond donors (Lipinski definition) is 2. The Morgan fingerprint density at radius 3 is 0.693 bits per heavy atom. The number of nitrogens with zero attached hydrogens (tertiary/aromatic N) is 6. The van der Waals surface area contributed by atoms with Gasteiger partial charge in [-0.15, -0.1) is 0 Å². The van der Waals surface area contributed by atoms with Crippen LogP contribution in [0.25, 0.3) is 15.6 Å². The summed E-state index contributed by atoms with van der Waals surface area (Å²) in [7, 11) is 0. The zero-order valence-electron chi connectivity index (χ0n) is 80.0. The summed E-state index contributed by atoms with van der Waals surface area (Å²) >= 11 is 0. The van der Waals surface area contributed by atoms with Gasteiger partial charge < -0.3 is 88.5 Å². The van der Waals surface area contributed by atoms with Crippen LogP contribution in [0.1, 0.15) is 83.4 Å². The zero-order valence-corrected chi connectivity index (χ0v) is 81.0. The average Bonchev–Trinajstić information content (AvgIpc) is 0.845. The van der Waals surface area contributed by atoms with E-state index in [4.69, 9.17) is 71.8 Å². The summed E-state index contributed by atoms with van der Waals surface area (Å²) in [5.74, 6) is 0. The molecule has 2 N–H and O–H groups in total. The normalized spacial score (nSPS) is 10.9. The van der Waals surface area contributed by atoms with Crippen molar-refractivity contribution in [3.05, 3.63) is 452 Å². The van der Waals surface area contributed by atoms with Crippen molar-refractivity contribution in [1.82, 2.24) is 4.90 Å². The van der Waals surface area contributed by atoms with Gasteiger partial charge in [-0.2, -0.15) is 0 Å². The molecule has 137 heavy (non-hydrogen) atoms. The second-order valence-electron chi connectivity index (χ2n) is 29.5. The van der Waals surface area contributed by atoms with E-state index in [1.807, 2.05) is 322 Å². The predicted molar refractivity (Wildman–Crippen MR) is 528 cm³/mol. The molecule has 0 aliphatic rings. The van der Waals surface area contributed by atoms with E-state index in [2.05, 4.69) is 66.9 Å². The first kappa shape index (κ1) is 116. The monoisotopic (exact) mass is 1890 g/mol. The smallest absolute Gasteiger partial charge is 1.00 e. The molecule has 0 atom stereocenters. The van der Waals surface area contributed by atoms with E-state index in [1.54, 1.807) is 0 Å². The van der Waals surface area contributed by atoms with Gasteiger partial charge in [-0.1, -0.05) is 360 Å². The SMILES string of the molecule is CCN(CC)CC.Cc1ccccc1.O=[N+]([O-])C=C(c1ccccc1)c1ccccc1.O=[N+]([O-])CC(OCCOCCOCCOCCOC(C[N+](=O)[O-])(c1ccccc1)c1ccccc1)(c1ccccc1)c1ccccc1.OCCOCCOCCOCCO.[H-].[Na+].[O-][N+]#CC(OCCOCCOCCOCCOC(C#[N+][O-])(c1ccccc1)c1ccccc1)(c1ccccc1)c1ccccc1. The first-order valence-corrected chi connectivity index (χ1v) is 45.2. The molecular formula is C107H129N6NaO23. The van der Waals surface area contributed by atoms with Gasteiger partial charge in [0.1, 0.15) is 0 Å². The first-order chi connectivity index (χ1) is 66.6. The molecule has 0 amide bonds. The van der Waals surface area contributed by atoms with E-state index in [-0.39, 0.29) is 107 Å². The van der Waals surface area contributed by atoms with Crippen molar-refractivity contribution in [2.24, 2.45) is 0 Å². The number of benzene rings is 11. The standard InChI is InChI=1S/C36H40N2O9.C36H36N2O7.C14H11NO2.C8H18O5.C7H8.C6H15N.Na.H/c39-37(40)29-35(31-13-5-1-6-14-31,32-15-7-2-8-16-32)46-27-25-44-23-21-43-22-24-45-26-28-47-36(30-38(41)42,33-17-9-3-10-18-33)34-19-11-4-12-20-34;39-37-29-35(31-13-5-1-6-14-31,32-15-7-2-8-16-32)44-27-25-42-23-21-41-22-24-43-26-28-45-36(30-38-40,33-17-9-3-10-18-33)34-19-11-4-12-20-34;16-15(17)11-14(12-7-3-1-4-8-12)13-9-5-2-6-10-13;9-1-3-11-5-7-13-8-6-12-4-2-10;1-7-5-3-2-4-6-7;1-4-7(5-2)6-3;;/h1-20H,21-30H2;1-20H,21-28H2;1-11H;9-10H,1-8H2;2-6H,1H3;4-6H2,1-3H3;;/q;;;;;;+1;-1. The molecule has 0 aliphatic carbocycles. The fourth-order valence-corrected chi connectivity index (χ4v) is 13.8. The topological polar surface area (TPSA) is 348 Å². The molecule has 0 spiro atoms. The van der Waals surface area contributed by atoms with Gasteiger partial charge in [0.15, 0.2) is 11.2 Å². The Morgan fingerprint density at radius 1 is 0.314 bits per heavy atom. The maximum Gasteiger partial charge on any atom is 1.00 e. The van der Waals surface area contributed by atoms with Crippen molar-refractivity contribution in [3.63, 3.8) is 0 Å². The van der Waals surface area contributed by atoms with Gasteiger partial charge >= 0.3 is 41.7 Å². The van der Waals surface area contributed by atoms with Crippen molar-refractivity contribution in [3.8, 4) is 12.1 Å². The van der Waals surface area contributed by atoms with E-state index < -0.39 is 40.4 Å². The second kappa shape index (κ2) is 71.7. The molecule has 0 radical (unpaired) electrons. The van der Waals surface area contributed by atoms with Gasteiger partial charge in [0.05, 0.1) is 169 Å². The molecule has 726 valence electrons. The fourth-order valence-electron chi connectivity index (χ4n) is 13.8. The van der Waals surface area contributed by atoms with Crippen molar-refractivity contribution < 1.29 is 118 Å². The number of nitro groups is 3. The Bertz CT molecular complexity index is 4630. The molecule has 30 heteroatoms. The predicted octanol–water partition coefficient (Wildman–Crippen LogP) is 15.0. The second-order valence-corrected chi connectivity index (χ2v) is 29.5. The summed E-state index contributed by atoms with van der Waals surface area (Å²) in [6, 6.07) is 108. The van der Waals surface area contributed by atoms with Gasteiger partial charge in [-0.05, 0) is 59.9 Å². The summed E-state index contributed by atoms with van der Waals surface area (Å²) in [6.07, 6.45) is 1.05. The van der Waals surface area contributed by atoms with Crippen LogP contribution in [0.5, 0.6) is 0 Å². The molecule has 0 saturated heterocycles. The maximum absolute atomic E-state index is 11.7. The Kier molecular flexibility index (Phi) is 60.6. The van der Waals surface area contributed by atoms with Crippen LogP contribution < -0.4 is 29.6 Å². The molecule has 0 heterocycles. The van der Waals surface area contributed by atoms with Crippen LogP contribution in [0.4, 0.5) is 0 Å². The zero-order chi connectivity index (χ0) is 97.4. The molecule has 0 fully saturated rings. The Labute approximate surface area is 828 Å². The minimum atomic E-state index is -1.25. The summed E-state index contributed by atoms with van der Waals surface area (Å²) in [5, 5.41) is 79.4. The van der Waals surface area contributed by atoms with Gasteiger partial charge in [-0.25, -0.2) is 0 Å². The van der Waals surface area contributed by atoms with Crippen molar-refractivity contribution in [2.45, 2.75) is 50.1 Å². The van der Waals surface area contributed by atoms with Gasteiger partial charge in [-0.3, -0.25) is 30.3 Å². The molecule has 0 aliphatic heterocycles. The van der Waals surface area contributed by atoms with Crippen LogP contribution in [-0.4, -0.2) is 221 Å². The third-order valence-corrected chi connectivity index (χ3v) is 20.4. The average molecular weight is 1890 g/mol. The summed E-state index contributed by atoms with van der Waals surface area (Å²) in [5.41, 5.74) is 4.39. The van der Waals surface area contributed by atoms with Crippen molar-refractivity contribution in [2.75, 3.05) is 191 Å². The number of ether oxygens (including phenoxy) is 13. The third kappa shape index (κ3) is 43.7. The van der Waals surface area contributed by atoms with E-state index in [0.717, 1.165) is 39.6 Å². The summed E-state index contributed by atoms with van der Waals surface area (Å²) in [4.78, 5) is 35.3. The summed E-state index contributed by atoms with van der Waals surface area (Å²) in [6.45, 7) is 18.6. The van der Waals surface area contributed by atoms with E-state index >= 15 is 0 Å². The Hall–Kier alpha value is -11.7. The first-order valence-electron chi connectivity index (χ1n) is 45.2. The van der Waals surface area contributed by atoms with Crippen LogP contribution in [0.2, 0.25) is 0 Å². The minimum Gasteiger partial charge on any atom is -1.00 e. The van der Waals surface area contributed by atoms with Gasteiger partial charge in [0.2, 0.25) is 19.3 Å². The number of aliphatic hydroxyl groups is 2. The van der Waals surface area contributed by atoms with Crippen molar-refractivity contribution >= 4 is 5.57 Å². The Morgan fingerprint density at radius 2 is 0.511 bits per heavy atom. The molecule has 29 nitrogen and oxygen atoms in total. The summed E-state index contributed by atoms with van der Waals surface area (Å²) < 4.78 is 73.8. The maximum atomic E-state index is 11.7. The number of aliphatic hydroxyl groups excluding tert-OH is 2. The van der Waals surface area contributed by atoms with E-state index in [1.165, 1.54) is 25.2 Å². The van der Waals surface area contributed by atoms with E-state index in [0.29, 0.717) is 120 Å². The largest absolute Gasteiger partial charge is 1.00 e. The number of rotatable bonds is 56. The molecule has 0 unspecified atom stereocenters. The number of aryl methyl sites for hydroxylation is 1. The molecule has 0 aromatic heterocycles. The number of hydrogen-bond acceptors (Lipinski definition) is 24. The van der Waals surface area contributed by atoms with Crippen LogP contribution in [0.15, 0.2) is 340 Å². The Balaban J connectivity index is 0.000000398. The van der Waals surface area contributed by atoms with Crippen LogP contribution in [-0.2, 0) is 84.0 Å². The quantitative estimate of drug-likeness (QED) is 0.0155. The fraction of sp³-hybridized carbons (Fsp3) is 0.346. The molecule has 11 aromatic rings. The van der Waals surface area contributed by atoms with Crippen LogP contribution >= 0.6 is 0 Å². The molecule has 0 saturated carbocycles. The molecule has 11 rings (SSSR count). The van der Waals surface area contributed by atoms with Gasteiger partial charge in [0.25, 0.3) is 11.2 Å². The third-order valence-electron chi connectivity index (χ3n) is 20.4. The van der Waals surface area contributed by atoms with Crippen molar-refractivity contribution in [1.29, 1.82) is 0 Å². The molecular weight excluding hydrogens is 1760 g/mol. The van der Waals surface area contributed by atoms with E-state index in [9.17, 15) is 40.8 Å². The van der Waals surface area contributed by atoms with Gasteiger partial charge in [0, 0.05) is 42.1 Å².